The lowest BCUT2D eigenvalue weighted by molar-refractivity contribution is 0.0928. The van der Waals surface area contributed by atoms with Crippen LogP contribution in [-0.2, 0) is 9.05 Å². The number of carbonyl (C=O) groups excluding carboxylic acids is 1. The van der Waals surface area contributed by atoms with Gasteiger partial charge in [-0.1, -0.05) is 19.8 Å². The summed E-state index contributed by atoms with van der Waals surface area (Å²) >= 11 is 0.994. The van der Waals surface area contributed by atoms with E-state index in [-0.39, 0.29) is 15.5 Å². The fraction of sp³-hybridized carbons (Fsp3) is 0.643. The van der Waals surface area contributed by atoms with Crippen molar-refractivity contribution in [3.8, 4) is 0 Å². The van der Waals surface area contributed by atoms with E-state index in [1.54, 1.807) is 12.3 Å². The Balaban J connectivity index is 2.09. The van der Waals surface area contributed by atoms with Crippen LogP contribution in [0.4, 0.5) is 0 Å². The van der Waals surface area contributed by atoms with Crippen molar-refractivity contribution in [1.82, 2.24) is 5.32 Å². The van der Waals surface area contributed by atoms with E-state index in [1.165, 1.54) is 12.8 Å². The molecule has 0 aromatic carbocycles. The van der Waals surface area contributed by atoms with Crippen LogP contribution in [0.1, 0.15) is 54.9 Å². The summed E-state index contributed by atoms with van der Waals surface area (Å²) in [6, 6.07) is 0. The van der Waals surface area contributed by atoms with Gasteiger partial charge in [-0.15, -0.1) is 11.3 Å². The molecule has 21 heavy (non-hydrogen) atoms. The van der Waals surface area contributed by atoms with Crippen molar-refractivity contribution in [2.75, 3.05) is 6.54 Å². The predicted molar refractivity (Wildman–Crippen MR) is 85.6 cm³/mol. The maximum Gasteiger partial charge on any atom is 0.271 e. The van der Waals surface area contributed by atoms with E-state index in [0.717, 1.165) is 30.6 Å². The quantitative estimate of drug-likeness (QED) is 0.824. The van der Waals surface area contributed by atoms with Crippen LogP contribution in [0.5, 0.6) is 0 Å². The first-order chi connectivity index (χ1) is 9.79. The fourth-order valence-corrected chi connectivity index (χ4v) is 5.56. The third-order valence-corrected chi connectivity index (χ3v) is 7.81. The van der Waals surface area contributed by atoms with Crippen molar-refractivity contribution >= 4 is 37.0 Å². The minimum absolute atomic E-state index is 0.0559. The lowest BCUT2D eigenvalue weighted by atomic mass is 9.83. The second-order valence-corrected chi connectivity index (χ2v) is 9.38. The molecular formula is C14H20ClNO3S2. The fourth-order valence-electron chi connectivity index (χ4n) is 3.01. The van der Waals surface area contributed by atoms with Crippen molar-refractivity contribution < 1.29 is 13.2 Å². The standard InChI is InChI=1S/C14H20ClNO3S2/c1-3-14(6-4-5-7-14)9-16-12(17)11-8-20-13(10(11)2)21(15,18)19/h8H,3-7,9H2,1-2H3,(H,16,17). The van der Waals surface area contributed by atoms with Gasteiger partial charge in [0.2, 0.25) is 0 Å². The van der Waals surface area contributed by atoms with Crippen LogP contribution in [0.2, 0.25) is 0 Å². The van der Waals surface area contributed by atoms with Crippen LogP contribution in [0, 0.1) is 12.3 Å². The van der Waals surface area contributed by atoms with Crippen LogP contribution >= 0.6 is 22.0 Å². The van der Waals surface area contributed by atoms with Gasteiger partial charge in [-0.2, -0.15) is 0 Å². The van der Waals surface area contributed by atoms with Crippen LogP contribution in [-0.4, -0.2) is 20.9 Å². The molecule has 4 nitrogen and oxygen atoms in total. The number of thiophene rings is 1. The third-order valence-electron chi connectivity index (χ3n) is 4.50. The van der Waals surface area contributed by atoms with E-state index in [9.17, 15) is 13.2 Å². The summed E-state index contributed by atoms with van der Waals surface area (Å²) in [4.78, 5) is 12.3. The highest BCUT2D eigenvalue weighted by atomic mass is 35.7. The van der Waals surface area contributed by atoms with Gasteiger partial charge in [-0.05, 0) is 37.2 Å². The zero-order valence-corrected chi connectivity index (χ0v) is 14.6. The van der Waals surface area contributed by atoms with E-state index >= 15 is 0 Å². The lowest BCUT2D eigenvalue weighted by Crippen LogP contribution is -2.35. The van der Waals surface area contributed by atoms with Gasteiger partial charge in [0.05, 0.1) is 5.56 Å². The molecule has 1 aromatic rings. The summed E-state index contributed by atoms with van der Waals surface area (Å²) in [6.07, 6.45) is 5.78. The summed E-state index contributed by atoms with van der Waals surface area (Å²) in [5.41, 5.74) is 1.05. The Morgan fingerprint density at radius 1 is 1.43 bits per heavy atom. The first kappa shape index (κ1) is 16.8. The van der Waals surface area contributed by atoms with Gasteiger partial charge in [-0.25, -0.2) is 8.42 Å². The SMILES string of the molecule is CCC1(CNC(=O)c2csc(S(=O)(=O)Cl)c2C)CCCC1. The first-order valence-corrected chi connectivity index (χ1v) is 10.3. The molecule has 1 aliphatic rings. The molecule has 0 atom stereocenters. The van der Waals surface area contributed by atoms with E-state index in [2.05, 4.69) is 12.2 Å². The predicted octanol–water partition coefficient (Wildman–Crippen LogP) is 3.68. The number of nitrogens with one attached hydrogen (secondary N) is 1. The molecule has 0 bridgehead atoms. The van der Waals surface area contributed by atoms with Crippen LogP contribution in [0.3, 0.4) is 0 Å². The number of hydrogen-bond acceptors (Lipinski definition) is 4. The average Bonchev–Trinajstić information content (AvgIpc) is 3.02. The maximum absolute atomic E-state index is 12.3. The van der Waals surface area contributed by atoms with E-state index in [0.29, 0.717) is 17.7 Å². The Morgan fingerprint density at radius 3 is 2.52 bits per heavy atom. The molecular weight excluding hydrogens is 330 g/mol. The number of halogens is 1. The molecule has 0 saturated heterocycles. The summed E-state index contributed by atoms with van der Waals surface area (Å²) < 4.78 is 22.9. The van der Waals surface area contributed by atoms with E-state index in [4.69, 9.17) is 10.7 Å². The summed E-state index contributed by atoms with van der Waals surface area (Å²) in [5.74, 6) is -0.213. The molecule has 7 heteroatoms. The number of carbonyl (C=O) groups is 1. The second kappa shape index (κ2) is 6.26. The largest absolute Gasteiger partial charge is 0.351 e. The van der Waals surface area contributed by atoms with Crippen molar-refractivity contribution in [2.24, 2.45) is 5.41 Å². The molecule has 1 aliphatic carbocycles. The molecule has 0 spiro atoms. The second-order valence-electron chi connectivity index (χ2n) is 5.74. The molecule has 1 aromatic heterocycles. The van der Waals surface area contributed by atoms with Gasteiger partial charge in [-0.3, -0.25) is 4.79 Å². The Morgan fingerprint density at radius 2 is 2.05 bits per heavy atom. The molecule has 2 rings (SSSR count). The van der Waals surface area contributed by atoms with Crippen molar-refractivity contribution in [3.05, 3.63) is 16.5 Å². The average molecular weight is 350 g/mol. The molecule has 0 unspecified atom stereocenters. The lowest BCUT2D eigenvalue weighted by Gasteiger charge is -2.27. The monoisotopic (exact) mass is 349 g/mol. The van der Waals surface area contributed by atoms with Crippen LogP contribution in [0.25, 0.3) is 0 Å². The van der Waals surface area contributed by atoms with Crippen LogP contribution < -0.4 is 5.32 Å². The minimum atomic E-state index is -3.78. The van der Waals surface area contributed by atoms with Gasteiger partial charge in [0.15, 0.2) is 0 Å². The summed E-state index contributed by atoms with van der Waals surface area (Å²) in [5, 5.41) is 4.53. The zero-order chi connectivity index (χ0) is 15.7. The zero-order valence-electron chi connectivity index (χ0n) is 12.2. The molecule has 0 aliphatic heterocycles. The van der Waals surface area contributed by atoms with Crippen LogP contribution in [0.15, 0.2) is 9.59 Å². The Bertz CT molecular complexity index is 631. The Hall–Kier alpha value is -0.590. The minimum Gasteiger partial charge on any atom is -0.351 e. The van der Waals surface area contributed by atoms with Crippen molar-refractivity contribution in [3.63, 3.8) is 0 Å². The van der Waals surface area contributed by atoms with Gasteiger partial charge >= 0.3 is 0 Å². The van der Waals surface area contributed by atoms with Crippen molar-refractivity contribution in [2.45, 2.75) is 50.2 Å². The Kier molecular flexibility index (Phi) is 5.00. The van der Waals surface area contributed by atoms with Gasteiger partial charge in [0, 0.05) is 22.6 Å². The molecule has 1 fully saturated rings. The van der Waals surface area contributed by atoms with Gasteiger partial charge in [0.1, 0.15) is 4.21 Å². The highest BCUT2D eigenvalue weighted by Gasteiger charge is 2.32. The number of rotatable bonds is 5. The third kappa shape index (κ3) is 3.60. The summed E-state index contributed by atoms with van der Waals surface area (Å²) in [6.45, 7) is 4.43. The number of amides is 1. The highest BCUT2D eigenvalue weighted by molar-refractivity contribution is 8.15. The first-order valence-electron chi connectivity index (χ1n) is 7.10. The normalized spacial score (nSPS) is 17.9. The molecule has 1 amide bonds. The number of hydrogen-bond donors (Lipinski definition) is 1. The van der Waals surface area contributed by atoms with E-state index in [1.807, 2.05) is 0 Å². The summed E-state index contributed by atoms with van der Waals surface area (Å²) in [7, 11) is 1.58. The molecule has 1 N–H and O–H groups in total. The maximum atomic E-state index is 12.3. The highest BCUT2D eigenvalue weighted by Crippen LogP contribution is 2.40. The topological polar surface area (TPSA) is 63.2 Å². The molecule has 1 heterocycles. The Labute approximate surface area is 134 Å². The van der Waals surface area contributed by atoms with E-state index < -0.39 is 9.05 Å². The molecule has 0 radical (unpaired) electrons. The van der Waals surface area contributed by atoms with Gasteiger partial charge in [0.25, 0.3) is 15.0 Å². The smallest absolute Gasteiger partial charge is 0.271 e. The van der Waals surface area contributed by atoms with Gasteiger partial charge < -0.3 is 5.32 Å². The van der Waals surface area contributed by atoms with Crippen molar-refractivity contribution in [1.29, 1.82) is 0 Å². The molecule has 1 saturated carbocycles. The molecule has 118 valence electrons.